The van der Waals surface area contributed by atoms with E-state index in [4.69, 9.17) is 0 Å². The molecule has 2 N–H and O–H groups in total. The van der Waals surface area contributed by atoms with Crippen LogP contribution in [0, 0.1) is 11.8 Å². The summed E-state index contributed by atoms with van der Waals surface area (Å²) >= 11 is 0. The van der Waals surface area contributed by atoms with E-state index in [0.29, 0.717) is 5.56 Å². The van der Waals surface area contributed by atoms with Crippen LogP contribution in [0.25, 0.3) is 0 Å². The van der Waals surface area contributed by atoms with E-state index in [-0.39, 0.29) is 11.7 Å². The first-order valence-corrected chi connectivity index (χ1v) is 7.87. The van der Waals surface area contributed by atoms with Crippen molar-refractivity contribution in [3.63, 3.8) is 0 Å². The van der Waals surface area contributed by atoms with E-state index in [1.54, 1.807) is 12.1 Å². The maximum absolute atomic E-state index is 12.0. The molecule has 4 heteroatoms. The second-order valence-corrected chi connectivity index (χ2v) is 6.21. The molecular weight excluding hydrogens is 264 g/mol. The van der Waals surface area contributed by atoms with Crippen LogP contribution in [0.5, 0.6) is 5.75 Å². The Morgan fingerprint density at radius 2 is 1.81 bits per heavy atom. The van der Waals surface area contributed by atoms with Gasteiger partial charge in [-0.1, -0.05) is 19.3 Å². The Hall–Kier alpha value is -1.84. The molecule has 3 rings (SSSR count). The summed E-state index contributed by atoms with van der Waals surface area (Å²) in [5.74, 6) is 1.60. The molecule has 1 amide bonds. The van der Waals surface area contributed by atoms with Crippen molar-refractivity contribution in [3.05, 3.63) is 29.8 Å². The van der Waals surface area contributed by atoms with Gasteiger partial charge in [0.2, 0.25) is 0 Å². The summed E-state index contributed by atoms with van der Waals surface area (Å²) in [4.78, 5) is 12.0. The topological polar surface area (TPSA) is 61.7 Å². The highest BCUT2D eigenvalue weighted by Gasteiger charge is 2.30. The van der Waals surface area contributed by atoms with Gasteiger partial charge in [0.05, 0.1) is 0 Å². The lowest BCUT2D eigenvalue weighted by molar-refractivity contribution is 0.0954. The summed E-state index contributed by atoms with van der Waals surface area (Å²) in [7, 11) is 0. The number of nitrogens with zero attached hydrogens (tertiary/aromatic N) is 1. The van der Waals surface area contributed by atoms with Gasteiger partial charge in [-0.05, 0) is 61.8 Å². The van der Waals surface area contributed by atoms with Crippen LogP contribution in [0.15, 0.2) is 29.4 Å². The molecule has 0 unspecified atom stereocenters. The molecule has 0 aliphatic heterocycles. The Morgan fingerprint density at radius 1 is 1.10 bits per heavy atom. The number of benzene rings is 1. The molecule has 2 atom stereocenters. The number of rotatable bonds is 2. The van der Waals surface area contributed by atoms with Crippen LogP contribution in [-0.2, 0) is 0 Å². The van der Waals surface area contributed by atoms with Crippen molar-refractivity contribution in [1.29, 1.82) is 0 Å². The van der Waals surface area contributed by atoms with Gasteiger partial charge in [-0.2, -0.15) is 5.10 Å². The first-order chi connectivity index (χ1) is 10.2. The van der Waals surface area contributed by atoms with Crippen molar-refractivity contribution in [2.24, 2.45) is 16.9 Å². The van der Waals surface area contributed by atoms with Crippen LogP contribution in [-0.4, -0.2) is 16.7 Å². The molecule has 0 aromatic heterocycles. The van der Waals surface area contributed by atoms with Crippen LogP contribution >= 0.6 is 0 Å². The predicted octanol–water partition coefficient (Wildman–Crippen LogP) is 3.47. The number of fused-ring (bicyclic) bond motifs is 1. The number of hydrogen-bond acceptors (Lipinski definition) is 3. The second kappa shape index (κ2) is 6.29. The summed E-state index contributed by atoms with van der Waals surface area (Å²) in [5.41, 5.74) is 4.30. The predicted molar refractivity (Wildman–Crippen MR) is 82.3 cm³/mol. The van der Waals surface area contributed by atoms with Gasteiger partial charge in [0.15, 0.2) is 0 Å². The third kappa shape index (κ3) is 3.43. The average molecular weight is 286 g/mol. The summed E-state index contributed by atoms with van der Waals surface area (Å²) < 4.78 is 0. The Labute approximate surface area is 125 Å². The summed E-state index contributed by atoms with van der Waals surface area (Å²) in [5, 5.41) is 13.6. The molecule has 112 valence electrons. The molecule has 2 fully saturated rings. The van der Waals surface area contributed by atoms with Crippen molar-refractivity contribution >= 4 is 11.6 Å². The number of carbonyl (C=O) groups excluding carboxylic acids is 1. The lowest BCUT2D eigenvalue weighted by atomic mass is 9.70. The molecule has 0 spiro atoms. The average Bonchev–Trinajstić information content (AvgIpc) is 2.53. The van der Waals surface area contributed by atoms with Crippen LogP contribution in [0.1, 0.15) is 55.3 Å². The zero-order valence-electron chi connectivity index (χ0n) is 12.2. The lowest BCUT2D eigenvalue weighted by Crippen LogP contribution is -2.29. The minimum Gasteiger partial charge on any atom is -0.508 e. The number of nitrogens with one attached hydrogen (secondary N) is 1. The first kappa shape index (κ1) is 14.1. The maximum atomic E-state index is 12.0. The molecule has 0 radical (unpaired) electrons. The number of carbonyl (C=O) groups is 1. The highest BCUT2D eigenvalue weighted by molar-refractivity contribution is 5.95. The number of amides is 1. The first-order valence-electron chi connectivity index (χ1n) is 7.87. The molecule has 4 nitrogen and oxygen atoms in total. The fraction of sp³-hybridized carbons (Fsp3) is 0.529. The third-order valence-corrected chi connectivity index (χ3v) is 4.81. The van der Waals surface area contributed by atoms with Gasteiger partial charge in [0, 0.05) is 11.3 Å². The smallest absolute Gasteiger partial charge is 0.271 e. The number of phenols is 1. The second-order valence-electron chi connectivity index (χ2n) is 6.21. The van der Waals surface area contributed by atoms with E-state index in [1.807, 2.05) is 0 Å². The normalized spacial score (nSPS) is 27.1. The highest BCUT2D eigenvalue weighted by Crippen LogP contribution is 2.39. The standard InChI is InChI=1S/C17H22N2O2/c20-16-9-6-13(7-10-16)17(21)19-18-15-8-5-12-3-1-2-4-14(12)11-15/h6-7,9-10,12,14,20H,1-5,8,11H2,(H,19,21)/b18-15-/t12-,14+/m1/s1. The Bertz CT molecular complexity index is 536. The Kier molecular flexibility index (Phi) is 4.23. The third-order valence-electron chi connectivity index (χ3n) is 4.81. The number of hydrogen-bond donors (Lipinski definition) is 2. The zero-order chi connectivity index (χ0) is 14.7. The van der Waals surface area contributed by atoms with E-state index < -0.39 is 0 Å². The van der Waals surface area contributed by atoms with Crippen molar-refractivity contribution < 1.29 is 9.90 Å². The lowest BCUT2D eigenvalue weighted by Gasteiger charge is -2.35. The minimum atomic E-state index is -0.215. The van der Waals surface area contributed by atoms with Gasteiger partial charge in [0.25, 0.3) is 5.91 Å². The van der Waals surface area contributed by atoms with Crippen molar-refractivity contribution in [2.45, 2.75) is 44.9 Å². The van der Waals surface area contributed by atoms with E-state index in [2.05, 4.69) is 10.5 Å². The zero-order valence-corrected chi connectivity index (χ0v) is 12.2. The van der Waals surface area contributed by atoms with Crippen LogP contribution in [0.2, 0.25) is 0 Å². The van der Waals surface area contributed by atoms with E-state index in [0.717, 1.165) is 30.4 Å². The number of aromatic hydroxyl groups is 1. The van der Waals surface area contributed by atoms with Crippen molar-refractivity contribution in [2.75, 3.05) is 0 Å². The Balaban J connectivity index is 1.58. The fourth-order valence-corrected chi connectivity index (χ4v) is 3.60. The van der Waals surface area contributed by atoms with Crippen molar-refractivity contribution in [3.8, 4) is 5.75 Å². The summed E-state index contributed by atoms with van der Waals surface area (Å²) in [6, 6.07) is 6.22. The van der Waals surface area contributed by atoms with Gasteiger partial charge >= 0.3 is 0 Å². The summed E-state index contributed by atoms with van der Waals surface area (Å²) in [6.45, 7) is 0. The molecule has 0 saturated heterocycles. The molecule has 2 aliphatic carbocycles. The Morgan fingerprint density at radius 3 is 2.57 bits per heavy atom. The SMILES string of the molecule is O=C(N/N=C1/CC[C@H]2CCCC[C@H]2C1)c1ccc(O)cc1. The van der Waals surface area contributed by atoms with E-state index in [1.165, 1.54) is 44.2 Å². The van der Waals surface area contributed by atoms with Crippen LogP contribution < -0.4 is 5.43 Å². The molecule has 2 saturated carbocycles. The van der Waals surface area contributed by atoms with Gasteiger partial charge in [-0.25, -0.2) is 5.43 Å². The molecule has 0 heterocycles. The largest absolute Gasteiger partial charge is 0.508 e. The van der Waals surface area contributed by atoms with E-state index >= 15 is 0 Å². The van der Waals surface area contributed by atoms with Crippen molar-refractivity contribution in [1.82, 2.24) is 5.43 Å². The fourth-order valence-electron chi connectivity index (χ4n) is 3.60. The highest BCUT2D eigenvalue weighted by atomic mass is 16.3. The molecule has 1 aromatic rings. The number of phenolic OH excluding ortho intramolecular Hbond substituents is 1. The number of hydrazone groups is 1. The molecule has 2 aliphatic rings. The van der Waals surface area contributed by atoms with Crippen LogP contribution in [0.3, 0.4) is 0 Å². The maximum Gasteiger partial charge on any atom is 0.271 e. The van der Waals surface area contributed by atoms with Gasteiger partial charge in [-0.15, -0.1) is 0 Å². The quantitative estimate of drug-likeness (QED) is 0.818. The monoisotopic (exact) mass is 286 g/mol. The molecule has 21 heavy (non-hydrogen) atoms. The van der Waals surface area contributed by atoms with Gasteiger partial charge in [0.1, 0.15) is 5.75 Å². The molecule has 1 aromatic carbocycles. The molecular formula is C17H22N2O2. The molecule has 0 bridgehead atoms. The van der Waals surface area contributed by atoms with Gasteiger partial charge in [-0.3, -0.25) is 4.79 Å². The van der Waals surface area contributed by atoms with Gasteiger partial charge < -0.3 is 5.11 Å². The van der Waals surface area contributed by atoms with E-state index in [9.17, 15) is 9.90 Å². The minimum absolute atomic E-state index is 0.161. The summed E-state index contributed by atoms with van der Waals surface area (Å²) in [6.07, 6.45) is 8.68. The van der Waals surface area contributed by atoms with Crippen LogP contribution in [0.4, 0.5) is 0 Å².